The molecular formula is C12H24N4. The summed E-state index contributed by atoms with van der Waals surface area (Å²) in [6, 6.07) is 0.0590. The summed E-state index contributed by atoms with van der Waals surface area (Å²) >= 11 is 0. The zero-order valence-electron chi connectivity index (χ0n) is 10.7. The van der Waals surface area contributed by atoms with Crippen molar-refractivity contribution in [2.75, 3.05) is 19.6 Å². The minimum Gasteiger partial charge on any atom is -0.332 e. The van der Waals surface area contributed by atoms with Crippen molar-refractivity contribution in [2.24, 2.45) is 5.73 Å². The van der Waals surface area contributed by atoms with Gasteiger partial charge in [0.1, 0.15) is 0 Å². The van der Waals surface area contributed by atoms with Gasteiger partial charge in [0.25, 0.3) is 0 Å². The minimum atomic E-state index is 0.0590. The van der Waals surface area contributed by atoms with E-state index in [4.69, 9.17) is 5.73 Å². The molecule has 0 aromatic carbocycles. The van der Waals surface area contributed by atoms with Crippen molar-refractivity contribution in [3.05, 3.63) is 18.2 Å². The Morgan fingerprint density at radius 2 is 2.19 bits per heavy atom. The molecule has 1 heterocycles. The van der Waals surface area contributed by atoms with E-state index in [1.54, 1.807) is 0 Å². The predicted molar refractivity (Wildman–Crippen MR) is 67.2 cm³/mol. The van der Waals surface area contributed by atoms with Gasteiger partial charge in [0.15, 0.2) is 0 Å². The summed E-state index contributed by atoms with van der Waals surface area (Å²) in [6.07, 6.45) is 4.94. The zero-order chi connectivity index (χ0) is 12.0. The summed E-state index contributed by atoms with van der Waals surface area (Å²) in [5.74, 6) is 0. The molecule has 1 rings (SSSR count). The lowest BCUT2D eigenvalue weighted by Gasteiger charge is -2.20. The maximum atomic E-state index is 5.88. The van der Waals surface area contributed by atoms with Crippen LogP contribution in [-0.4, -0.2) is 34.1 Å². The molecule has 0 fully saturated rings. The molecule has 0 aliphatic rings. The van der Waals surface area contributed by atoms with Crippen LogP contribution in [0.15, 0.2) is 12.5 Å². The lowest BCUT2D eigenvalue weighted by atomic mass is 10.2. The summed E-state index contributed by atoms with van der Waals surface area (Å²) in [5.41, 5.74) is 7.00. The highest BCUT2D eigenvalue weighted by Gasteiger charge is 2.07. The molecule has 0 amide bonds. The second-order valence-electron chi connectivity index (χ2n) is 4.23. The third-order valence-corrected chi connectivity index (χ3v) is 2.86. The molecule has 0 aliphatic heterocycles. The first-order chi connectivity index (χ1) is 7.69. The van der Waals surface area contributed by atoms with Crippen LogP contribution in [0.4, 0.5) is 0 Å². The van der Waals surface area contributed by atoms with Crippen LogP contribution >= 0.6 is 0 Å². The first-order valence-electron chi connectivity index (χ1n) is 6.17. The Kier molecular flexibility index (Phi) is 5.49. The van der Waals surface area contributed by atoms with E-state index in [-0.39, 0.29) is 6.04 Å². The lowest BCUT2D eigenvalue weighted by molar-refractivity contribution is 0.275. The molecule has 0 spiro atoms. The van der Waals surface area contributed by atoms with Crippen LogP contribution in [0.1, 0.15) is 38.9 Å². The highest BCUT2D eigenvalue weighted by Crippen LogP contribution is 2.08. The average molecular weight is 224 g/mol. The van der Waals surface area contributed by atoms with Gasteiger partial charge in [-0.15, -0.1) is 0 Å². The number of rotatable bonds is 7. The second kappa shape index (κ2) is 6.66. The van der Waals surface area contributed by atoms with Gasteiger partial charge in [-0.05, 0) is 26.4 Å². The molecule has 1 aromatic rings. The highest BCUT2D eigenvalue weighted by molar-refractivity contribution is 5.03. The number of aromatic nitrogens is 2. The molecule has 0 saturated heterocycles. The van der Waals surface area contributed by atoms with E-state index in [9.17, 15) is 0 Å². The molecule has 92 valence electrons. The van der Waals surface area contributed by atoms with E-state index in [0.29, 0.717) is 0 Å². The molecule has 16 heavy (non-hydrogen) atoms. The van der Waals surface area contributed by atoms with Gasteiger partial charge in [0.05, 0.1) is 12.0 Å². The largest absolute Gasteiger partial charge is 0.332 e. The molecule has 0 unspecified atom stereocenters. The van der Waals surface area contributed by atoms with Crippen LogP contribution in [0.3, 0.4) is 0 Å². The van der Waals surface area contributed by atoms with E-state index in [1.165, 1.54) is 13.0 Å². The van der Waals surface area contributed by atoms with Gasteiger partial charge in [-0.2, -0.15) is 0 Å². The van der Waals surface area contributed by atoms with Crippen LogP contribution in [0, 0.1) is 0 Å². The van der Waals surface area contributed by atoms with Crippen molar-refractivity contribution in [2.45, 2.75) is 39.8 Å². The number of hydrogen-bond acceptors (Lipinski definition) is 3. The quantitative estimate of drug-likeness (QED) is 0.766. The Hall–Kier alpha value is -0.870. The first-order valence-corrected chi connectivity index (χ1v) is 6.17. The van der Waals surface area contributed by atoms with Gasteiger partial charge in [-0.1, -0.05) is 13.8 Å². The molecule has 0 bridgehead atoms. The van der Waals surface area contributed by atoms with Gasteiger partial charge in [-0.3, -0.25) is 0 Å². The van der Waals surface area contributed by atoms with E-state index in [2.05, 4.69) is 28.3 Å². The number of nitrogens with two attached hydrogens (primary N) is 1. The van der Waals surface area contributed by atoms with Gasteiger partial charge >= 0.3 is 0 Å². The van der Waals surface area contributed by atoms with Gasteiger partial charge in [-0.25, -0.2) is 4.98 Å². The van der Waals surface area contributed by atoms with Crippen LogP contribution in [0.25, 0.3) is 0 Å². The Labute approximate surface area is 98.5 Å². The minimum absolute atomic E-state index is 0.0590. The van der Waals surface area contributed by atoms with Crippen molar-refractivity contribution in [3.8, 4) is 0 Å². The van der Waals surface area contributed by atoms with Crippen LogP contribution < -0.4 is 5.73 Å². The van der Waals surface area contributed by atoms with Crippen LogP contribution in [0.5, 0.6) is 0 Å². The first kappa shape index (κ1) is 13.2. The topological polar surface area (TPSA) is 47.1 Å². The predicted octanol–water partition coefficient (Wildman–Crippen LogP) is 1.63. The normalized spacial score (nSPS) is 13.3. The van der Waals surface area contributed by atoms with E-state index in [1.807, 2.05) is 19.4 Å². The summed E-state index contributed by atoms with van der Waals surface area (Å²) in [5, 5.41) is 0. The Morgan fingerprint density at radius 1 is 1.44 bits per heavy atom. The van der Waals surface area contributed by atoms with Gasteiger partial charge < -0.3 is 15.2 Å². The number of imidazole rings is 1. The molecule has 0 aliphatic carbocycles. The molecule has 1 aromatic heterocycles. The summed E-state index contributed by atoms with van der Waals surface area (Å²) in [4.78, 5) is 6.61. The SMILES string of the molecule is CCCN(CC)CCn1cncc1[C@@H](C)N. The van der Waals surface area contributed by atoms with Crippen molar-refractivity contribution in [3.63, 3.8) is 0 Å². The fourth-order valence-electron chi connectivity index (χ4n) is 1.89. The third kappa shape index (κ3) is 3.61. The van der Waals surface area contributed by atoms with Crippen molar-refractivity contribution in [1.82, 2.24) is 14.5 Å². The van der Waals surface area contributed by atoms with E-state index < -0.39 is 0 Å². The Balaban J connectivity index is 2.49. The molecule has 0 radical (unpaired) electrons. The van der Waals surface area contributed by atoms with Crippen molar-refractivity contribution < 1.29 is 0 Å². The zero-order valence-corrected chi connectivity index (χ0v) is 10.7. The average Bonchev–Trinajstić information content (AvgIpc) is 2.72. The molecular weight excluding hydrogens is 200 g/mol. The standard InChI is InChI=1S/C12H24N4/c1-4-6-15(5-2)7-8-16-10-14-9-12(16)11(3)13/h9-11H,4-8,13H2,1-3H3/t11-/m1/s1. The molecule has 1 atom stereocenters. The summed E-state index contributed by atoms with van der Waals surface area (Å²) in [7, 11) is 0. The number of hydrogen-bond donors (Lipinski definition) is 1. The van der Waals surface area contributed by atoms with Gasteiger partial charge in [0, 0.05) is 25.3 Å². The van der Waals surface area contributed by atoms with Crippen molar-refractivity contribution >= 4 is 0 Å². The van der Waals surface area contributed by atoms with Crippen LogP contribution in [0.2, 0.25) is 0 Å². The number of nitrogens with zero attached hydrogens (tertiary/aromatic N) is 3. The lowest BCUT2D eigenvalue weighted by Crippen LogP contribution is -2.28. The maximum Gasteiger partial charge on any atom is 0.0949 e. The molecule has 0 saturated carbocycles. The Morgan fingerprint density at radius 3 is 2.75 bits per heavy atom. The fourth-order valence-corrected chi connectivity index (χ4v) is 1.89. The summed E-state index contributed by atoms with van der Waals surface area (Å²) in [6.45, 7) is 10.7. The van der Waals surface area contributed by atoms with E-state index in [0.717, 1.165) is 25.3 Å². The second-order valence-corrected chi connectivity index (χ2v) is 4.23. The number of likely N-dealkylation sites (N-methyl/N-ethyl adjacent to an activating group) is 1. The third-order valence-electron chi connectivity index (χ3n) is 2.86. The maximum absolute atomic E-state index is 5.88. The van der Waals surface area contributed by atoms with Gasteiger partial charge in [0.2, 0.25) is 0 Å². The monoisotopic (exact) mass is 224 g/mol. The van der Waals surface area contributed by atoms with Crippen molar-refractivity contribution in [1.29, 1.82) is 0 Å². The Bertz CT molecular complexity index is 293. The smallest absolute Gasteiger partial charge is 0.0949 e. The summed E-state index contributed by atoms with van der Waals surface area (Å²) < 4.78 is 2.16. The van der Waals surface area contributed by atoms with E-state index >= 15 is 0 Å². The van der Waals surface area contributed by atoms with Crippen LogP contribution in [-0.2, 0) is 6.54 Å². The molecule has 4 nitrogen and oxygen atoms in total. The molecule has 2 N–H and O–H groups in total. The fraction of sp³-hybridized carbons (Fsp3) is 0.750. The highest BCUT2D eigenvalue weighted by atomic mass is 15.2. The molecule has 4 heteroatoms.